The number of amides is 2. The molecule has 0 aliphatic carbocycles. The number of methoxy groups -OCH3 is 2. The zero-order valence-electron chi connectivity index (χ0n) is 17.1. The first-order chi connectivity index (χ1) is 15.6. The number of anilines is 2. The molecule has 32 heavy (non-hydrogen) atoms. The molecule has 0 bridgehead atoms. The Bertz CT molecular complexity index is 1260. The van der Waals surface area contributed by atoms with Gasteiger partial charge in [0.15, 0.2) is 21.0 Å². The zero-order valence-corrected chi connectivity index (χ0v) is 19.5. The summed E-state index contributed by atoms with van der Waals surface area (Å²) < 4.78 is 12.2. The lowest BCUT2D eigenvalue weighted by molar-refractivity contribution is -0.113. The van der Waals surface area contributed by atoms with Gasteiger partial charge in [-0.3, -0.25) is 9.59 Å². The number of carbonyl (C=O) groups is 2. The molecule has 2 heterocycles. The molecule has 2 N–H and O–H groups in total. The largest absolute Gasteiger partial charge is 0.493 e. The van der Waals surface area contributed by atoms with Gasteiger partial charge in [-0.15, -0.1) is 22.7 Å². The van der Waals surface area contributed by atoms with Crippen LogP contribution in [0.25, 0.3) is 10.2 Å². The minimum absolute atomic E-state index is 0.132. The molecular formula is C21H18N4O4S3. The summed E-state index contributed by atoms with van der Waals surface area (Å²) in [5, 5.41) is 8.02. The minimum Gasteiger partial charge on any atom is -0.493 e. The first kappa shape index (κ1) is 22.1. The lowest BCUT2D eigenvalue weighted by Crippen LogP contribution is -2.13. The molecule has 11 heteroatoms. The van der Waals surface area contributed by atoms with E-state index in [1.54, 1.807) is 43.0 Å². The van der Waals surface area contributed by atoms with Gasteiger partial charge in [0, 0.05) is 22.8 Å². The number of nitrogens with one attached hydrogen (secondary N) is 2. The van der Waals surface area contributed by atoms with Gasteiger partial charge in [0.1, 0.15) is 0 Å². The molecule has 2 aromatic carbocycles. The van der Waals surface area contributed by atoms with Gasteiger partial charge in [0.2, 0.25) is 5.91 Å². The van der Waals surface area contributed by atoms with Gasteiger partial charge in [0.25, 0.3) is 5.91 Å². The highest BCUT2D eigenvalue weighted by Gasteiger charge is 2.13. The second-order valence-corrected chi connectivity index (χ2v) is 9.51. The average Bonchev–Trinajstić information content (AvgIpc) is 3.46. The normalized spacial score (nSPS) is 10.7. The number of ether oxygens (including phenoxy) is 2. The first-order valence-corrected chi connectivity index (χ1v) is 12.0. The van der Waals surface area contributed by atoms with Gasteiger partial charge in [-0.1, -0.05) is 11.8 Å². The van der Waals surface area contributed by atoms with Crippen LogP contribution in [0, 0.1) is 0 Å². The maximum absolute atomic E-state index is 12.7. The summed E-state index contributed by atoms with van der Waals surface area (Å²) in [4.78, 5) is 33.3. The van der Waals surface area contributed by atoms with Crippen molar-refractivity contribution in [3.63, 3.8) is 0 Å². The van der Waals surface area contributed by atoms with Crippen LogP contribution in [0.1, 0.15) is 10.4 Å². The van der Waals surface area contributed by atoms with Crippen LogP contribution in [0.15, 0.2) is 52.3 Å². The van der Waals surface area contributed by atoms with E-state index in [-0.39, 0.29) is 17.6 Å². The number of rotatable bonds is 8. The number of thiazole rings is 2. The molecule has 0 aliphatic rings. The Kier molecular flexibility index (Phi) is 6.88. The predicted octanol–water partition coefficient (Wildman–Crippen LogP) is 4.75. The van der Waals surface area contributed by atoms with Gasteiger partial charge in [-0.05, 0) is 36.4 Å². The van der Waals surface area contributed by atoms with Crippen LogP contribution in [0.4, 0.5) is 10.8 Å². The van der Waals surface area contributed by atoms with Crippen LogP contribution in [-0.4, -0.2) is 41.8 Å². The number of fused-ring (bicyclic) bond motifs is 1. The highest BCUT2D eigenvalue weighted by atomic mass is 32.2. The Hall–Kier alpha value is -3.15. The van der Waals surface area contributed by atoms with E-state index in [4.69, 9.17) is 9.47 Å². The van der Waals surface area contributed by atoms with Crippen molar-refractivity contribution in [2.75, 3.05) is 30.6 Å². The zero-order chi connectivity index (χ0) is 22.5. The van der Waals surface area contributed by atoms with Gasteiger partial charge in [-0.2, -0.15) is 0 Å². The van der Waals surface area contributed by atoms with Crippen molar-refractivity contribution in [2.45, 2.75) is 4.34 Å². The number of benzene rings is 2. The van der Waals surface area contributed by atoms with Crippen LogP contribution in [0.5, 0.6) is 11.5 Å². The Balaban J connectivity index is 1.41. The number of aromatic nitrogens is 2. The second kappa shape index (κ2) is 9.98. The molecule has 0 saturated carbocycles. The molecule has 4 aromatic rings. The molecule has 164 valence electrons. The van der Waals surface area contributed by atoms with Gasteiger partial charge >= 0.3 is 0 Å². The van der Waals surface area contributed by atoms with Gasteiger partial charge in [0.05, 0.1) is 30.2 Å². The molecule has 0 aliphatic heterocycles. The summed E-state index contributed by atoms with van der Waals surface area (Å²) in [7, 11) is 3.07. The highest BCUT2D eigenvalue weighted by molar-refractivity contribution is 8.01. The summed E-state index contributed by atoms with van der Waals surface area (Å²) in [6.45, 7) is 0. The maximum atomic E-state index is 12.7. The summed E-state index contributed by atoms with van der Waals surface area (Å²) in [5.74, 6) is 0.886. The van der Waals surface area contributed by atoms with E-state index in [1.165, 1.54) is 41.5 Å². The second-order valence-electron chi connectivity index (χ2n) is 6.36. The van der Waals surface area contributed by atoms with Crippen molar-refractivity contribution in [1.29, 1.82) is 0 Å². The van der Waals surface area contributed by atoms with E-state index < -0.39 is 0 Å². The predicted molar refractivity (Wildman–Crippen MR) is 129 cm³/mol. The number of hydrogen-bond acceptors (Lipinski definition) is 9. The monoisotopic (exact) mass is 486 g/mol. The highest BCUT2D eigenvalue weighted by Crippen LogP contribution is 2.32. The van der Waals surface area contributed by atoms with Crippen molar-refractivity contribution >= 4 is 67.3 Å². The molecule has 0 atom stereocenters. The summed E-state index contributed by atoms with van der Waals surface area (Å²) in [6, 6.07) is 10.5. The van der Waals surface area contributed by atoms with Crippen molar-refractivity contribution in [1.82, 2.24) is 9.97 Å². The Labute approximate surface area is 196 Å². The number of thioether (sulfide) groups is 1. The fraction of sp³-hybridized carbons (Fsp3) is 0.143. The number of hydrogen-bond donors (Lipinski definition) is 2. The van der Waals surface area contributed by atoms with E-state index in [2.05, 4.69) is 20.6 Å². The molecule has 0 saturated heterocycles. The Morgan fingerprint density at radius 2 is 1.91 bits per heavy atom. The van der Waals surface area contributed by atoms with Crippen LogP contribution >= 0.6 is 34.4 Å². The lowest BCUT2D eigenvalue weighted by atomic mass is 10.2. The molecule has 0 unspecified atom stereocenters. The lowest BCUT2D eigenvalue weighted by Gasteiger charge is -2.10. The molecule has 0 fully saturated rings. The van der Waals surface area contributed by atoms with E-state index in [0.29, 0.717) is 27.9 Å². The minimum atomic E-state index is -0.261. The van der Waals surface area contributed by atoms with Crippen molar-refractivity contribution in [2.24, 2.45) is 0 Å². The SMILES string of the molecule is COc1ccc(C(=O)Nc2ccc3nc(SCC(=O)Nc4nccs4)sc3c2)cc1OC. The molecule has 2 amide bonds. The maximum Gasteiger partial charge on any atom is 0.255 e. The summed E-state index contributed by atoms with van der Waals surface area (Å²) >= 11 is 4.20. The quantitative estimate of drug-likeness (QED) is 0.346. The van der Waals surface area contributed by atoms with Crippen LogP contribution in [0.3, 0.4) is 0 Å². The van der Waals surface area contributed by atoms with Crippen LogP contribution in [0.2, 0.25) is 0 Å². The molecule has 8 nitrogen and oxygen atoms in total. The first-order valence-electron chi connectivity index (χ1n) is 9.32. The fourth-order valence-corrected chi connectivity index (χ4v) is 5.24. The van der Waals surface area contributed by atoms with E-state index >= 15 is 0 Å². The third kappa shape index (κ3) is 5.18. The number of nitrogens with zero attached hydrogens (tertiary/aromatic N) is 2. The Morgan fingerprint density at radius 3 is 2.66 bits per heavy atom. The third-order valence-electron chi connectivity index (χ3n) is 4.28. The van der Waals surface area contributed by atoms with Crippen LogP contribution in [-0.2, 0) is 4.79 Å². The van der Waals surface area contributed by atoms with Crippen molar-refractivity contribution in [3.8, 4) is 11.5 Å². The summed E-state index contributed by atoms with van der Waals surface area (Å²) in [6.07, 6.45) is 1.64. The Morgan fingerprint density at radius 1 is 1.06 bits per heavy atom. The van der Waals surface area contributed by atoms with E-state index in [1.807, 2.05) is 12.1 Å². The smallest absolute Gasteiger partial charge is 0.255 e. The molecule has 2 aromatic heterocycles. The van der Waals surface area contributed by atoms with E-state index in [0.717, 1.165) is 14.6 Å². The molecule has 4 rings (SSSR count). The third-order valence-corrected chi connectivity index (χ3v) is 7.13. The standard InChI is InChI=1S/C21H18N4O4S3/c1-28-15-6-3-12(9-16(15)29-2)19(27)23-13-4-5-14-17(10-13)32-21(24-14)31-11-18(26)25-20-22-7-8-30-20/h3-10H,11H2,1-2H3,(H,23,27)(H,22,25,26). The average molecular weight is 487 g/mol. The fourth-order valence-electron chi connectivity index (χ4n) is 2.79. The molecule has 0 radical (unpaired) electrons. The van der Waals surface area contributed by atoms with Gasteiger partial charge < -0.3 is 20.1 Å². The van der Waals surface area contributed by atoms with E-state index in [9.17, 15) is 9.59 Å². The van der Waals surface area contributed by atoms with Crippen LogP contribution < -0.4 is 20.1 Å². The van der Waals surface area contributed by atoms with Gasteiger partial charge in [-0.25, -0.2) is 9.97 Å². The topological polar surface area (TPSA) is 102 Å². The number of carbonyl (C=O) groups excluding carboxylic acids is 2. The van der Waals surface area contributed by atoms with Crippen molar-refractivity contribution in [3.05, 3.63) is 53.5 Å². The molecular weight excluding hydrogens is 468 g/mol. The summed E-state index contributed by atoms with van der Waals surface area (Å²) in [5.41, 5.74) is 1.91. The van der Waals surface area contributed by atoms with Crippen molar-refractivity contribution < 1.29 is 19.1 Å². The molecule has 0 spiro atoms.